The maximum absolute atomic E-state index is 8.58. The largest absolute Gasteiger partial charge is 0.396 e. The number of aliphatic hydroxyl groups is 1. The topological polar surface area (TPSA) is 41.5 Å². The summed E-state index contributed by atoms with van der Waals surface area (Å²) in [5.74, 6) is 0. The second-order valence-electron chi connectivity index (χ2n) is 3.85. The van der Waals surface area contributed by atoms with Gasteiger partial charge in [0.15, 0.2) is 0 Å². The van der Waals surface area contributed by atoms with E-state index in [9.17, 15) is 0 Å². The van der Waals surface area contributed by atoms with E-state index in [0.717, 1.165) is 25.9 Å². The smallest absolute Gasteiger partial charge is 0.0802 e. The predicted octanol–water partition coefficient (Wildman–Crippen LogP) is 0.918. The van der Waals surface area contributed by atoms with Crippen molar-refractivity contribution < 1.29 is 9.84 Å². The third-order valence-corrected chi connectivity index (χ3v) is 2.91. The molecule has 0 aromatic carbocycles. The van der Waals surface area contributed by atoms with Crippen LogP contribution in [-0.4, -0.2) is 37.5 Å². The minimum Gasteiger partial charge on any atom is -0.396 e. The Morgan fingerprint density at radius 1 is 1.38 bits per heavy atom. The molecular formula is C10H21NO2. The van der Waals surface area contributed by atoms with E-state index in [4.69, 9.17) is 9.84 Å². The van der Waals surface area contributed by atoms with Gasteiger partial charge >= 0.3 is 0 Å². The number of hydrogen-bond donors (Lipinski definition) is 2. The normalized spacial score (nSPS) is 19.8. The quantitative estimate of drug-likeness (QED) is 0.582. The van der Waals surface area contributed by atoms with Crippen molar-refractivity contribution in [3.05, 3.63) is 0 Å². The van der Waals surface area contributed by atoms with Crippen LogP contribution in [0.25, 0.3) is 0 Å². The molecular weight excluding hydrogens is 166 g/mol. The number of ether oxygens (including phenoxy) is 1. The molecule has 2 N–H and O–H groups in total. The van der Waals surface area contributed by atoms with Crippen LogP contribution in [0.3, 0.4) is 0 Å². The maximum atomic E-state index is 8.58. The molecule has 0 unspecified atom stereocenters. The molecule has 0 saturated heterocycles. The third-order valence-electron chi connectivity index (χ3n) is 2.91. The van der Waals surface area contributed by atoms with E-state index in [2.05, 4.69) is 5.32 Å². The van der Waals surface area contributed by atoms with Crippen molar-refractivity contribution in [3.63, 3.8) is 0 Å². The molecule has 3 nitrogen and oxygen atoms in total. The minimum absolute atomic E-state index is 0.138. The van der Waals surface area contributed by atoms with E-state index in [-0.39, 0.29) is 5.60 Å². The highest BCUT2D eigenvalue weighted by atomic mass is 16.5. The lowest BCUT2D eigenvalue weighted by Crippen LogP contribution is -2.48. The summed E-state index contributed by atoms with van der Waals surface area (Å²) in [5, 5.41) is 12.0. The molecule has 0 aliphatic heterocycles. The van der Waals surface area contributed by atoms with E-state index in [0.29, 0.717) is 6.61 Å². The number of hydrogen-bond acceptors (Lipinski definition) is 3. The van der Waals surface area contributed by atoms with Crippen molar-refractivity contribution in [2.24, 2.45) is 0 Å². The molecule has 0 heterocycles. The number of nitrogens with one attached hydrogen (secondary N) is 1. The van der Waals surface area contributed by atoms with Gasteiger partial charge in [-0.2, -0.15) is 0 Å². The van der Waals surface area contributed by atoms with Gasteiger partial charge in [-0.1, -0.05) is 0 Å². The van der Waals surface area contributed by atoms with Crippen LogP contribution in [0.5, 0.6) is 0 Å². The lowest BCUT2D eigenvalue weighted by molar-refractivity contribution is -0.0692. The average molecular weight is 187 g/mol. The van der Waals surface area contributed by atoms with Crippen LogP contribution in [0.1, 0.15) is 32.1 Å². The molecule has 0 radical (unpaired) electrons. The third kappa shape index (κ3) is 3.25. The van der Waals surface area contributed by atoms with Gasteiger partial charge < -0.3 is 15.2 Å². The molecule has 1 aliphatic rings. The van der Waals surface area contributed by atoms with Gasteiger partial charge in [-0.3, -0.25) is 0 Å². The molecule has 0 atom stereocenters. The molecule has 0 spiro atoms. The molecule has 1 rings (SSSR count). The first kappa shape index (κ1) is 11.0. The molecule has 1 fully saturated rings. The highest BCUT2D eigenvalue weighted by molar-refractivity contribution is 4.91. The summed E-state index contributed by atoms with van der Waals surface area (Å²) in [7, 11) is 1.80. The fraction of sp³-hybridized carbons (Fsp3) is 1.00. The molecule has 0 aromatic heterocycles. The molecule has 13 heavy (non-hydrogen) atoms. The zero-order valence-electron chi connectivity index (χ0n) is 8.51. The summed E-state index contributed by atoms with van der Waals surface area (Å²) in [6, 6.07) is 0. The van der Waals surface area contributed by atoms with Crippen LogP contribution in [-0.2, 0) is 4.74 Å². The monoisotopic (exact) mass is 187 g/mol. The Kier molecular flexibility index (Phi) is 4.70. The highest BCUT2D eigenvalue weighted by Crippen LogP contribution is 2.34. The van der Waals surface area contributed by atoms with Crippen LogP contribution in [0, 0.1) is 0 Å². The number of aliphatic hydroxyl groups excluding tert-OH is 1. The highest BCUT2D eigenvalue weighted by Gasteiger charge is 2.36. The van der Waals surface area contributed by atoms with Gasteiger partial charge in [-0.25, -0.2) is 0 Å². The zero-order valence-corrected chi connectivity index (χ0v) is 8.51. The van der Waals surface area contributed by atoms with Gasteiger partial charge in [0.25, 0.3) is 0 Å². The first-order valence-corrected chi connectivity index (χ1v) is 5.20. The minimum atomic E-state index is 0.138. The number of methoxy groups -OCH3 is 1. The van der Waals surface area contributed by atoms with Gasteiger partial charge in [-0.15, -0.1) is 0 Å². The fourth-order valence-electron chi connectivity index (χ4n) is 1.70. The standard InChI is InChI=1S/C10H21NO2/c1-13-10(5-4-6-10)9-11-7-2-3-8-12/h11-12H,2-9H2,1H3. The van der Waals surface area contributed by atoms with E-state index >= 15 is 0 Å². The summed E-state index contributed by atoms with van der Waals surface area (Å²) in [6.45, 7) is 2.26. The first-order chi connectivity index (χ1) is 6.33. The summed E-state index contributed by atoms with van der Waals surface area (Å²) in [4.78, 5) is 0. The molecule has 1 aliphatic carbocycles. The Labute approximate surface area is 80.5 Å². The summed E-state index contributed by atoms with van der Waals surface area (Å²) >= 11 is 0. The van der Waals surface area contributed by atoms with E-state index in [1.54, 1.807) is 7.11 Å². The fourth-order valence-corrected chi connectivity index (χ4v) is 1.70. The van der Waals surface area contributed by atoms with Crippen LogP contribution in [0.2, 0.25) is 0 Å². The molecule has 0 aromatic rings. The Morgan fingerprint density at radius 3 is 2.62 bits per heavy atom. The average Bonchev–Trinajstić information content (AvgIpc) is 2.09. The Balaban J connectivity index is 1.98. The van der Waals surface area contributed by atoms with Crippen molar-refractivity contribution in [1.29, 1.82) is 0 Å². The summed E-state index contributed by atoms with van der Waals surface area (Å²) in [5.41, 5.74) is 0.138. The van der Waals surface area contributed by atoms with Crippen molar-refractivity contribution in [2.45, 2.75) is 37.7 Å². The molecule has 0 amide bonds. The predicted molar refractivity (Wildman–Crippen MR) is 52.8 cm³/mol. The Morgan fingerprint density at radius 2 is 2.15 bits per heavy atom. The second-order valence-corrected chi connectivity index (χ2v) is 3.85. The summed E-state index contributed by atoms with van der Waals surface area (Å²) < 4.78 is 5.47. The Bertz CT molecular complexity index is 129. The van der Waals surface area contributed by atoms with E-state index in [1.165, 1.54) is 19.3 Å². The number of rotatable bonds is 7. The van der Waals surface area contributed by atoms with Crippen molar-refractivity contribution >= 4 is 0 Å². The van der Waals surface area contributed by atoms with Crippen LogP contribution >= 0.6 is 0 Å². The van der Waals surface area contributed by atoms with Gasteiger partial charge in [0.05, 0.1) is 5.60 Å². The van der Waals surface area contributed by atoms with Crippen molar-refractivity contribution in [3.8, 4) is 0 Å². The van der Waals surface area contributed by atoms with Crippen molar-refractivity contribution in [1.82, 2.24) is 5.32 Å². The second kappa shape index (κ2) is 5.58. The van der Waals surface area contributed by atoms with Crippen LogP contribution < -0.4 is 5.32 Å². The molecule has 3 heteroatoms. The lowest BCUT2D eigenvalue weighted by Gasteiger charge is -2.40. The number of unbranched alkanes of at least 4 members (excludes halogenated alkanes) is 1. The van der Waals surface area contributed by atoms with Gasteiger partial charge in [0.1, 0.15) is 0 Å². The molecule has 78 valence electrons. The Hall–Kier alpha value is -0.120. The maximum Gasteiger partial charge on any atom is 0.0802 e. The van der Waals surface area contributed by atoms with Crippen LogP contribution in [0.15, 0.2) is 0 Å². The van der Waals surface area contributed by atoms with Gasteiger partial charge in [0.2, 0.25) is 0 Å². The van der Waals surface area contributed by atoms with Crippen LogP contribution in [0.4, 0.5) is 0 Å². The summed E-state index contributed by atoms with van der Waals surface area (Å²) in [6.07, 6.45) is 5.63. The molecule has 1 saturated carbocycles. The van der Waals surface area contributed by atoms with Gasteiger partial charge in [-0.05, 0) is 38.6 Å². The first-order valence-electron chi connectivity index (χ1n) is 5.20. The van der Waals surface area contributed by atoms with Crippen molar-refractivity contribution in [2.75, 3.05) is 26.8 Å². The lowest BCUT2D eigenvalue weighted by atomic mass is 9.80. The molecule has 0 bridgehead atoms. The van der Waals surface area contributed by atoms with E-state index < -0.39 is 0 Å². The SMILES string of the molecule is COC1(CNCCCCO)CCC1. The van der Waals surface area contributed by atoms with E-state index in [1.807, 2.05) is 0 Å². The zero-order chi connectivity index (χ0) is 9.57. The van der Waals surface area contributed by atoms with Gasteiger partial charge in [0, 0.05) is 20.3 Å².